The minimum Gasteiger partial charge on any atom is -0.324 e. The summed E-state index contributed by atoms with van der Waals surface area (Å²) < 4.78 is 26.7. The minimum atomic E-state index is -3.27. The molecule has 108 valence electrons. The highest BCUT2D eigenvalue weighted by molar-refractivity contribution is 7.89. The van der Waals surface area contributed by atoms with Gasteiger partial charge in [0.25, 0.3) is 0 Å². The minimum absolute atomic E-state index is 0.0119. The molecule has 0 unspecified atom stereocenters. The topological polar surface area (TPSA) is 63.4 Å². The summed E-state index contributed by atoms with van der Waals surface area (Å²) >= 11 is 0. The first-order valence-electron chi connectivity index (χ1n) is 6.98. The van der Waals surface area contributed by atoms with E-state index in [0.717, 1.165) is 25.7 Å². The molecule has 18 heavy (non-hydrogen) atoms. The Morgan fingerprint density at radius 2 is 1.50 bits per heavy atom. The third-order valence-corrected chi connectivity index (χ3v) is 6.08. The van der Waals surface area contributed by atoms with Crippen molar-refractivity contribution in [1.82, 2.24) is 4.31 Å². The third kappa shape index (κ3) is 3.93. The molecule has 0 aliphatic heterocycles. The van der Waals surface area contributed by atoms with E-state index in [9.17, 15) is 8.42 Å². The van der Waals surface area contributed by atoms with E-state index in [2.05, 4.69) is 0 Å². The first-order chi connectivity index (χ1) is 8.18. The fraction of sp³-hybridized carbons (Fsp3) is 1.00. The Labute approximate surface area is 112 Å². The van der Waals surface area contributed by atoms with Crippen molar-refractivity contribution in [2.24, 2.45) is 5.73 Å². The average Bonchev–Trinajstić information content (AvgIpc) is 2.13. The molecule has 0 bridgehead atoms. The lowest BCUT2D eigenvalue weighted by atomic mass is 9.84. The number of nitrogens with two attached hydrogens (primary N) is 1. The van der Waals surface area contributed by atoms with E-state index in [4.69, 9.17) is 5.73 Å². The van der Waals surface area contributed by atoms with E-state index in [1.54, 1.807) is 4.31 Å². The van der Waals surface area contributed by atoms with Crippen LogP contribution in [0.5, 0.6) is 0 Å². The fourth-order valence-corrected chi connectivity index (χ4v) is 5.53. The zero-order valence-electron chi connectivity index (χ0n) is 12.1. The van der Waals surface area contributed by atoms with E-state index in [1.807, 2.05) is 27.7 Å². The molecule has 0 radical (unpaired) electrons. The van der Waals surface area contributed by atoms with Crippen LogP contribution in [0.4, 0.5) is 0 Å². The van der Waals surface area contributed by atoms with E-state index >= 15 is 0 Å². The predicted molar refractivity (Wildman–Crippen MR) is 75.9 cm³/mol. The monoisotopic (exact) mass is 276 g/mol. The zero-order chi connectivity index (χ0) is 14.0. The summed E-state index contributed by atoms with van der Waals surface area (Å²) in [6, 6.07) is -0.0237. The Morgan fingerprint density at radius 1 is 1.06 bits per heavy atom. The Hall–Kier alpha value is -0.130. The first-order valence-corrected chi connectivity index (χ1v) is 8.59. The predicted octanol–water partition coefficient (Wildman–Crippen LogP) is 2.10. The number of hydrogen-bond acceptors (Lipinski definition) is 3. The van der Waals surface area contributed by atoms with Crippen LogP contribution in [0.15, 0.2) is 0 Å². The smallest absolute Gasteiger partial charge is 0.216 e. The number of sulfonamides is 1. The lowest BCUT2D eigenvalue weighted by Crippen LogP contribution is -2.53. The quantitative estimate of drug-likeness (QED) is 0.836. The van der Waals surface area contributed by atoms with Crippen LogP contribution in [-0.2, 0) is 10.0 Å². The van der Waals surface area contributed by atoms with Crippen LogP contribution in [-0.4, -0.2) is 36.1 Å². The number of nitrogens with zero attached hydrogens (tertiary/aromatic N) is 1. The summed E-state index contributed by atoms with van der Waals surface area (Å²) in [6.07, 6.45) is 4.94. The van der Waals surface area contributed by atoms with Gasteiger partial charge in [-0.25, -0.2) is 8.42 Å². The van der Waals surface area contributed by atoms with Gasteiger partial charge in [0.2, 0.25) is 10.0 Å². The van der Waals surface area contributed by atoms with E-state index in [0.29, 0.717) is 0 Å². The maximum absolute atomic E-state index is 12.5. The summed E-state index contributed by atoms with van der Waals surface area (Å²) in [6.45, 7) is 7.67. The van der Waals surface area contributed by atoms with Crippen molar-refractivity contribution < 1.29 is 8.42 Å². The van der Waals surface area contributed by atoms with Crippen LogP contribution in [0.2, 0.25) is 0 Å². The van der Waals surface area contributed by atoms with Gasteiger partial charge < -0.3 is 5.73 Å². The molecule has 0 spiro atoms. The highest BCUT2D eigenvalue weighted by Crippen LogP contribution is 2.28. The molecule has 0 aromatic heterocycles. The van der Waals surface area contributed by atoms with Gasteiger partial charge >= 0.3 is 0 Å². The van der Waals surface area contributed by atoms with E-state index in [-0.39, 0.29) is 17.8 Å². The van der Waals surface area contributed by atoms with Crippen LogP contribution in [0.1, 0.15) is 59.8 Å². The van der Waals surface area contributed by atoms with Crippen molar-refractivity contribution in [2.75, 3.05) is 5.75 Å². The lowest BCUT2D eigenvalue weighted by Gasteiger charge is -2.37. The SMILES string of the molecule is CC(C)N(C(C)C)S(=O)(=O)CC1(N)CCCCC1. The van der Waals surface area contributed by atoms with Crippen molar-refractivity contribution >= 4 is 10.0 Å². The maximum atomic E-state index is 12.5. The molecule has 1 rings (SSSR count). The summed E-state index contributed by atoms with van der Waals surface area (Å²) in [5.74, 6) is 0.0936. The Kier molecular flexibility index (Phi) is 5.21. The van der Waals surface area contributed by atoms with Crippen molar-refractivity contribution in [3.8, 4) is 0 Å². The molecule has 0 amide bonds. The second-order valence-corrected chi connectivity index (χ2v) is 8.07. The molecule has 4 nitrogen and oxygen atoms in total. The molecule has 0 aromatic carbocycles. The second-order valence-electron chi connectivity index (χ2n) is 6.20. The van der Waals surface area contributed by atoms with Crippen LogP contribution in [0, 0.1) is 0 Å². The molecule has 0 atom stereocenters. The summed E-state index contributed by atoms with van der Waals surface area (Å²) in [5.41, 5.74) is 5.76. The summed E-state index contributed by atoms with van der Waals surface area (Å²) in [7, 11) is -3.27. The van der Waals surface area contributed by atoms with Gasteiger partial charge in [-0.05, 0) is 40.5 Å². The van der Waals surface area contributed by atoms with Gasteiger partial charge in [-0.2, -0.15) is 4.31 Å². The molecule has 2 N–H and O–H groups in total. The van der Waals surface area contributed by atoms with Gasteiger partial charge in [-0.1, -0.05) is 19.3 Å². The fourth-order valence-electron chi connectivity index (χ4n) is 3.08. The highest BCUT2D eigenvalue weighted by Gasteiger charge is 2.37. The van der Waals surface area contributed by atoms with Gasteiger partial charge in [0.05, 0.1) is 5.75 Å². The standard InChI is InChI=1S/C13H28N2O2S/c1-11(2)15(12(3)4)18(16,17)10-13(14)8-6-5-7-9-13/h11-12H,5-10,14H2,1-4H3. The molecule has 1 aliphatic rings. The molecule has 0 aromatic rings. The Bertz CT molecular complexity index is 349. The first kappa shape index (κ1) is 15.9. The average molecular weight is 276 g/mol. The van der Waals surface area contributed by atoms with Crippen LogP contribution in [0.25, 0.3) is 0 Å². The van der Waals surface area contributed by atoms with Crippen LogP contribution < -0.4 is 5.73 Å². The van der Waals surface area contributed by atoms with Crippen molar-refractivity contribution in [3.63, 3.8) is 0 Å². The largest absolute Gasteiger partial charge is 0.324 e. The molecular weight excluding hydrogens is 248 g/mol. The molecule has 0 saturated heterocycles. The van der Waals surface area contributed by atoms with E-state index < -0.39 is 15.6 Å². The van der Waals surface area contributed by atoms with Gasteiger partial charge in [-0.3, -0.25) is 0 Å². The van der Waals surface area contributed by atoms with Gasteiger partial charge in [0, 0.05) is 17.6 Å². The van der Waals surface area contributed by atoms with Crippen LogP contribution in [0.3, 0.4) is 0 Å². The van der Waals surface area contributed by atoms with Crippen molar-refractivity contribution in [2.45, 2.75) is 77.4 Å². The van der Waals surface area contributed by atoms with Gasteiger partial charge in [0.1, 0.15) is 0 Å². The summed E-state index contributed by atoms with van der Waals surface area (Å²) in [4.78, 5) is 0. The normalized spacial score (nSPS) is 20.9. The summed E-state index contributed by atoms with van der Waals surface area (Å²) in [5, 5.41) is 0. The van der Waals surface area contributed by atoms with Crippen molar-refractivity contribution in [3.05, 3.63) is 0 Å². The number of hydrogen-bond donors (Lipinski definition) is 1. The molecule has 1 saturated carbocycles. The molecule has 0 heterocycles. The Balaban J connectivity index is 2.85. The Morgan fingerprint density at radius 3 is 1.89 bits per heavy atom. The van der Waals surface area contributed by atoms with Gasteiger partial charge in [0.15, 0.2) is 0 Å². The third-order valence-electron chi connectivity index (χ3n) is 3.66. The molecular formula is C13H28N2O2S. The molecule has 1 fully saturated rings. The van der Waals surface area contributed by atoms with Crippen molar-refractivity contribution in [1.29, 1.82) is 0 Å². The molecule has 5 heteroatoms. The lowest BCUT2D eigenvalue weighted by molar-refractivity contribution is 0.283. The van der Waals surface area contributed by atoms with E-state index in [1.165, 1.54) is 6.42 Å². The second kappa shape index (κ2) is 5.88. The maximum Gasteiger partial charge on any atom is 0.216 e. The molecule has 1 aliphatic carbocycles. The van der Waals surface area contributed by atoms with Gasteiger partial charge in [-0.15, -0.1) is 0 Å². The zero-order valence-corrected chi connectivity index (χ0v) is 13.0. The van der Waals surface area contributed by atoms with Crippen LogP contribution >= 0.6 is 0 Å². The highest BCUT2D eigenvalue weighted by atomic mass is 32.2. The number of rotatable bonds is 5.